The Kier molecular flexibility index (Phi) is 5.41. The SMILES string of the molecule is COc1cccc(CNC(=O)NCc2c(C)cc(C)[nH]c2=O)c1. The van der Waals surface area contributed by atoms with Crippen molar-refractivity contribution in [2.24, 2.45) is 0 Å². The number of benzene rings is 1. The molecule has 1 heterocycles. The molecular formula is C17H21N3O3. The number of nitrogens with one attached hydrogen (secondary N) is 3. The second-order valence-electron chi connectivity index (χ2n) is 5.33. The van der Waals surface area contributed by atoms with Gasteiger partial charge in [0, 0.05) is 17.8 Å². The van der Waals surface area contributed by atoms with E-state index in [0.29, 0.717) is 12.1 Å². The van der Waals surface area contributed by atoms with Gasteiger partial charge in [0.25, 0.3) is 5.56 Å². The van der Waals surface area contributed by atoms with Gasteiger partial charge >= 0.3 is 6.03 Å². The molecule has 0 atom stereocenters. The zero-order valence-electron chi connectivity index (χ0n) is 13.5. The summed E-state index contributed by atoms with van der Waals surface area (Å²) in [6.45, 7) is 4.25. The van der Waals surface area contributed by atoms with Crippen LogP contribution in [0.3, 0.4) is 0 Å². The monoisotopic (exact) mass is 315 g/mol. The van der Waals surface area contributed by atoms with Gasteiger partial charge in [0.1, 0.15) is 5.75 Å². The minimum Gasteiger partial charge on any atom is -0.497 e. The number of aromatic amines is 1. The molecule has 0 aliphatic heterocycles. The summed E-state index contributed by atoms with van der Waals surface area (Å²) in [6, 6.07) is 9.02. The Morgan fingerprint density at radius 3 is 2.61 bits per heavy atom. The number of methoxy groups -OCH3 is 1. The second-order valence-corrected chi connectivity index (χ2v) is 5.33. The second kappa shape index (κ2) is 7.49. The third-order valence-electron chi connectivity index (χ3n) is 3.51. The van der Waals surface area contributed by atoms with Gasteiger partial charge in [0.2, 0.25) is 0 Å². The van der Waals surface area contributed by atoms with Gasteiger partial charge in [-0.2, -0.15) is 0 Å². The van der Waals surface area contributed by atoms with Crippen molar-refractivity contribution in [2.45, 2.75) is 26.9 Å². The summed E-state index contributed by atoms with van der Waals surface area (Å²) >= 11 is 0. The molecule has 6 heteroatoms. The Hall–Kier alpha value is -2.76. The number of H-pyrrole nitrogens is 1. The van der Waals surface area contributed by atoms with Crippen LogP contribution in [0.2, 0.25) is 0 Å². The van der Waals surface area contributed by atoms with Gasteiger partial charge in [-0.1, -0.05) is 12.1 Å². The van der Waals surface area contributed by atoms with Gasteiger partial charge in [0.05, 0.1) is 13.7 Å². The average molecular weight is 315 g/mol. The van der Waals surface area contributed by atoms with Gasteiger partial charge in [0.15, 0.2) is 0 Å². The lowest BCUT2D eigenvalue weighted by atomic mass is 10.1. The van der Waals surface area contributed by atoms with Gasteiger partial charge in [-0.15, -0.1) is 0 Å². The van der Waals surface area contributed by atoms with E-state index < -0.39 is 0 Å². The number of aromatic nitrogens is 1. The maximum Gasteiger partial charge on any atom is 0.315 e. The largest absolute Gasteiger partial charge is 0.497 e. The topological polar surface area (TPSA) is 83.2 Å². The fraction of sp³-hybridized carbons (Fsp3) is 0.294. The van der Waals surface area contributed by atoms with Crippen LogP contribution < -0.4 is 20.9 Å². The molecule has 2 amide bonds. The minimum atomic E-state index is -0.327. The van der Waals surface area contributed by atoms with Gasteiger partial charge in [-0.05, 0) is 43.2 Å². The van der Waals surface area contributed by atoms with Crippen molar-refractivity contribution in [2.75, 3.05) is 7.11 Å². The van der Waals surface area contributed by atoms with Crippen molar-refractivity contribution in [1.29, 1.82) is 0 Å². The highest BCUT2D eigenvalue weighted by molar-refractivity contribution is 5.73. The molecule has 2 aromatic rings. The first-order chi connectivity index (χ1) is 11.0. The van der Waals surface area contributed by atoms with E-state index in [-0.39, 0.29) is 18.1 Å². The van der Waals surface area contributed by atoms with Crippen LogP contribution in [-0.2, 0) is 13.1 Å². The molecule has 3 N–H and O–H groups in total. The Morgan fingerprint density at radius 2 is 1.91 bits per heavy atom. The first-order valence-electron chi connectivity index (χ1n) is 7.33. The standard InChI is InChI=1S/C17H21N3O3/c1-11-7-12(2)20-16(21)15(11)10-19-17(22)18-9-13-5-4-6-14(8-13)23-3/h4-8H,9-10H2,1-3H3,(H,20,21)(H2,18,19,22). The van der Waals surface area contributed by atoms with Crippen LogP contribution in [0.25, 0.3) is 0 Å². The van der Waals surface area contributed by atoms with Crippen molar-refractivity contribution in [3.63, 3.8) is 0 Å². The van der Waals surface area contributed by atoms with Crippen molar-refractivity contribution >= 4 is 6.03 Å². The van der Waals surface area contributed by atoms with Crippen LogP contribution in [0.5, 0.6) is 5.75 Å². The van der Waals surface area contributed by atoms with Crippen molar-refractivity contribution in [3.05, 3.63) is 63.1 Å². The molecule has 0 saturated heterocycles. The Balaban J connectivity index is 1.89. The van der Waals surface area contributed by atoms with E-state index in [2.05, 4.69) is 15.6 Å². The highest BCUT2D eigenvalue weighted by Gasteiger charge is 2.07. The van der Waals surface area contributed by atoms with E-state index in [9.17, 15) is 9.59 Å². The lowest BCUT2D eigenvalue weighted by molar-refractivity contribution is 0.240. The smallest absolute Gasteiger partial charge is 0.315 e. The molecular weight excluding hydrogens is 294 g/mol. The van der Waals surface area contributed by atoms with E-state index in [0.717, 1.165) is 22.6 Å². The lowest BCUT2D eigenvalue weighted by Gasteiger charge is -2.10. The van der Waals surface area contributed by atoms with Crippen LogP contribution in [0, 0.1) is 13.8 Å². The molecule has 6 nitrogen and oxygen atoms in total. The highest BCUT2D eigenvalue weighted by atomic mass is 16.5. The number of carbonyl (C=O) groups is 1. The molecule has 0 fully saturated rings. The molecule has 0 aliphatic carbocycles. The highest BCUT2D eigenvalue weighted by Crippen LogP contribution is 2.12. The zero-order chi connectivity index (χ0) is 16.8. The minimum absolute atomic E-state index is 0.171. The van der Waals surface area contributed by atoms with E-state index in [4.69, 9.17) is 4.74 Å². The first-order valence-corrected chi connectivity index (χ1v) is 7.33. The molecule has 1 aromatic heterocycles. The van der Waals surface area contributed by atoms with Crippen LogP contribution in [0.15, 0.2) is 35.1 Å². The number of rotatable bonds is 5. The normalized spacial score (nSPS) is 10.2. The molecule has 2 rings (SSSR count). The summed E-state index contributed by atoms with van der Waals surface area (Å²) in [5, 5.41) is 5.45. The Labute approximate surface area is 134 Å². The van der Waals surface area contributed by atoms with E-state index in [1.807, 2.05) is 44.2 Å². The van der Waals surface area contributed by atoms with Crippen molar-refractivity contribution < 1.29 is 9.53 Å². The van der Waals surface area contributed by atoms with Crippen LogP contribution >= 0.6 is 0 Å². The third kappa shape index (κ3) is 4.60. The molecule has 0 bridgehead atoms. The summed E-state index contributed by atoms with van der Waals surface area (Å²) < 4.78 is 5.14. The Bertz CT molecular complexity index is 753. The fourth-order valence-corrected chi connectivity index (χ4v) is 2.30. The van der Waals surface area contributed by atoms with E-state index in [1.165, 1.54) is 0 Å². The molecule has 0 unspecified atom stereocenters. The number of hydrogen-bond acceptors (Lipinski definition) is 3. The van der Waals surface area contributed by atoms with Gasteiger partial charge in [-0.3, -0.25) is 4.79 Å². The van der Waals surface area contributed by atoms with E-state index in [1.54, 1.807) is 7.11 Å². The number of urea groups is 1. The molecule has 0 saturated carbocycles. The number of pyridine rings is 1. The summed E-state index contributed by atoms with van der Waals surface area (Å²) in [4.78, 5) is 26.5. The number of ether oxygens (including phenoxy) is 1. The van der Waals surface area contributed by atoms with Crippen LogP contribution in [-0.4, -0.2) is 18.1 Å². The number of hydrogen-bond donors (Lipinski definition) is 3. The fourth-order valence-electron chi connectivity index (χ4n) is 2.30. The summed E-state index contributed by atoms with van der Waals surface area (Å²) in [5.74, 6) is 0.742. The summed E-state index contributed by atoms with van der Waals surface area (Å²) in [7, 11) is 1.60. The maximum atomic E-state index is 11.9. The number of carbonyl (C=O) groups excluding carboxylic acids is 1. The average Bonchev–Trinajstić information content (AvgIpc) is 2.52. The van der Waals surface area contributed by atoms with Gasteiger partial charge < -0.3 is 20.4 Å². The summed E-state index contributed by atoms with van der Waals surface area (Å²) in [5.41, 5.74) is 2.99. The van der Waals surface area contributed by atoms with Crippen LogP contribution in [0.4, 0.5) is 4.79 Å². The lowest BCUT2D eigenvalue weighted by Crippen LogP contribution is -2.36. The predicted molar refractivity (Wildman–Crippen MR) is 88.6 cm³/mol. The summed E-state index contributed by atoms with van der Waals surface area (Å²) in [6.07, 6.45) is 0. The molecule has 0 radical (unpaired) electrons. The molecule has 122 valence electrons. The molecule has 1 aromatic carbocycles. The van der Waals surface area contributed by atoms with Crippen molar-refractivity contribution in [1.82, 2.24) is 15.6 Å². The predicted octanol–water partition coefficient (Wildman–Crippen LogP) is 2.00. The third-order valence-corrected chi connectivity index (χ3v) is 3.51. The Morgan fingerprint density at radius 1 is 1.17 bits per heavy atom. The van der Waals surface area contributed by atoms with Crippen molar-refractivity contribution in [3.8, 4) is 5.75 Å². The van der Waals surface area contributed by atoms with Crippen LogP contribution in [0.1, 0.15) is 22.4 Å². The molecule has 0 spiro atoms. The first kappa shape index (κ1) is 16.6. The molecule has 0 aliphatic rings. The quantitative estimate of drug-likeness (QED) is 0.789. The maximum absolute atomic E-state index is 11.9. The number of aryl methyl sites for hydroxylation is 2. The number of amides is 2. The van der Waals surface area contributed by atoms with Gasteiger partial charge in [-0.25, -0.2) is 4.79 Å². The zero-order valence-corrected chi connectivity index (χ0v) is 13.5. The molecule has 23 heavy (non-hydrogen) atoms. The van der Waals surface area contributed by atoms with E-state index >= 15 is 0 Å².